The van der Waals surface area contributed by atoms with Crippen molar-refractivity contribution < 1.29 is 9.53 Å². The summed E-state index contributed by atoms with van der Waals surface area (Å²) in [6.07, 6.45) is 1.33. The Morgan fingerprint density at radius 2 is 2.11 bits per heavy atom. The van der Waals surface area contributed by atoms with E-state index in [-0.39, 0.29) is 18.5 Å². The minimum atomic E-state index is -0.506. The Balaban J connectivity index is 2.86. The van der Waals surface area contributed by atoms with Crippen LogP contribution < -0.4 is 11.2 Å². The Bertz CT molecular complexity index is 561. The van der Waals surface area contributed by atoms with E-state index in [1.807, 2.05) is 6.92 Å². The second kappa shape index (κ2) is 6.33. The minimum absolute atomic E-state index is 0.0827. The fraction of sp³-hybridized carbons (Fsp3) is 0.583. The molecule has 0 radical (unpaired) electrons. The SMILES string of the molecule is COC[C@H](C)N(C)C(=O)Cn1ccc(=O)n(C)c1=O. The zero-order valence-corrected chi connectivity index (χ0v) is 11.6. The molecule has 106 valence electrons. The maximum absolute atomic E-state index is 12.0. The number of aromatic nitrogens is 2. The van der Waals surface area contributed by atoms with E-state index >= 15 is 0 Å². The molecule has 19 heavy (non-hydrogen) atoms. The highest BCUT2D eigenvalue weighted by molar-refractivity contribution is 5.76. The average molecular weight is 269 g/mol. The van der Waals surface area contributed by atoms with Crippen LogP contribution in [0, 0.1) is 0 Å². The first-order chi connectivity index (χ1) is 8.88. The van der Waals surface area contributed by atoms with Gasteiger partial charge in [-0.2, -0.15) is 0 Å². The lowest BCUT2D eigenvalue weighted by atomic mass is 10.3. The topological polar surface area (TPSA) is 73.5 Å². The maximum atomic E-state index is 12.0. The molecule has 0 fully saturated rings. The van der Waals surface area contributed by atoms with E-state index in [1.54, 1.807) is 14.2 Å². The van der Waals surface area contributed by atoms with E-state index in [2.05, 4.69) is 0 Å². The number of hydrogen-bond donors (Lipinski definition) is 0. The molecule has 0 aliphatic rings. The molecule has 0 aliphatic carbocycles. The molecule has 1 atom stereocenters. The molecule has 7 nitrogen and oxygen atoms in total. The third-order valence-corrected chi connectivity index (χ3v) is 3.03. The van der Waals surface area contributed by atoms with E-state index in [1.165, 1.54) is 28.8 Å². The van der Waals surface area contributed by atoms with Crippen LogP contribution in [-0.4, -0.2) is 46.7 Å². The van der Waals surface area contributed by atoms with E-state index in [9.17, 15) is 14.4 Å². The summed E-state index contributed by atoms with van der Waals surface area (Å²) >= 11 is 0. The molecule has 1 heterocycles. The molecule has 1 aromatic rings. The first-order valence-corrected chi connectivity index (χ1v) is 5.89. The van der Waals surface area contributed by atoms with Crippen LogP contribution in [-0.2, 0) is 23.1 Å². The quantitative estimate of drug-likeness (QED) is 0.690. The molecule has 0 bridgehead atoms. The van der Waals surface area contributed by atoms with Crippen molar-refractivity contribution in [2.24, 2.45) is 7.05 Å². The second-order valence-corrected chi connectivity index (χ2v) is 4.43. The third-order valence-electron chi connectivity index (χ3n) is 3.03. The van der Waals surface area contributed by atoms with Crippen molar-refractivity contribution in [2.45, 2.75) is 19.5 Å². The molecule has 1 rings (SSSR count). The highest BCUT2D eigenvalue weighted by Gasteiger charge is 2.16. The van der Waals surface area contributed by atoms with Crippen LogP contribution in [0.4, 0.5) is 0 Å². The van der Waals surface area contributed by atoms with E-state index in [4.69, 9.17) is 4.74 Å². The van der Waals surface area contributed by atoms with Crippen molar-refractivity contribution >= 4 is 5.91 Å². The van der Waals surface area contributed by atoms with Gasteiger partial charge in [0, 0.05) is 33.5 Å². The number of carbonyl (C=O) groups is 1. The molecular formula is C12H19N3O4. The number of hydrogen-bond acceptors (Lipinski definition) is 4. The van der Waals surface area contributed by atoms with Gasteiger partial charge in [-0.3, -0.25) is 18.7 Å². The van der Waals surface area contributed by atoms with Gasteiger partial charge >= 0.3 is 5.69 Å². The summed E-state index contributed by atoms with van der Waals surface area (Å²) < 4.78 is 7.15. The molecule has 0 aromatic carbocycles. The molecule has 1 amide bonds. The summed E-state index contributed by atoms with van der Waals surface area (Å²) in [4.78, 5) is 36.5. The highest BCUT2D eigenvalue weighted by atomic mass is 16.5. The van der Waals surface area contributed by atoms with Crippen LogP contribution in [0.5, 0.6) is 0 Å². The molecule has 0 aliphatic heterocycles. The second-order valence-electron chi connectivity index (χ2n) is 4.43. The number of amides is 1. The lowest BCUT2D eigenvalue weighted by Crippen LogP contribution is -2.43. The zero-order chi connectivity index (χ0) is 14.6. The summed E-state index contributed by atoms with van der Waals surface area (Å²) in [5, 5.41) is 0. The monoisotopic (exact) mass is 269 g/mol. The standard InChI is InChI=1S/C12H19N3O4/c1-9(8-19-4)13(2)11(17)7-15-6-5-10(16)14(3)12(15)18/h5-6,9H,7-8H2,1-4H3/t9-/m0/s1. The fourth-order valence-electron chi connectivity index (χ4n) is 1.59. The first-order valence-electron chi connectivity index (χ1n) is 5.89. The number of methoxy groups -OCH3 is 1. The molecule has 1 aromatic heterocycles. The number of ether oxygens (including phenoxy) is 1. The van der Waals surface area contributed by atoms with Crippen molar-refractivity contribution in [3.63, 3.8) is 0 Å². The predicted octanol–water partition coefficient (Wildman–Crippen LogP) is -0.960. The van der Waals surface area contributed by atoms with Gasteiger partial charge < -0.3 is 9.64 Å². The van der Waals surface area contributed by atoms with Crippen LogP contribution in [0.1, 0.15) is 6.92 Å². The molecule has 0 unspecified atom stereocenters. The molecular weight excluding hydrogens is 250 g/mol. The number of rotatable bonds is 5. The Morgan fingerprint density at radius 3 is 2.68 bits per heavy atom. The van der Waals surface area contributed by atoms with Crippen LogP contribution in [0.15, 0.2) is 21.9 Å². The lowest BCUT2D eigenvalue weighted by Gasteiger charge is -2.24. The maximum Gasteiger partial charge on any atom is 0.331 e. The van der Waals surface area contributed by atoms with Crippen LogP contribution in [0.3, 0.4) is 0 Å². The van der Waals surface area contributed by atoms with Gasteiger partial charge in [-0.1, -0.05) is 0 Å². The van der Waals surface area contributed by atoms with Crippen LogP contribution in [0.25, 0.3) is 0 Å². The smallest absolute Gasteiger partial charge is 0.331 e. The van der Waals surface area contributed by atoms with Gasteiger partial charge in [0.15, 0.2) is 0 Å². The summed E-state index contributed by atoms with van der Waals surface area (Å²) in [6, 6.07) is 1.17. The van der Waals surface area contributed by atoms with Gasteiger partial charge in [-0.25, -0.2) is 4.79 Å². The zero-order valence-electron chi connectivity index (χ0n) is 11.6. The number of likely N-dealkylation sites (N-methyl/N-ethyl adjacent to an activating group) is 1. The Hall–Kier alpha value is -1.89. The Labute approximate surface area is 111 Å². The molecule has 0 saturated carbocycles. The van der Waals surface area contributed by atoms with Crippen molar-refractivity contribution in [3.05, 3.63) is 33.1 Å². The van der Waals surface area contributed by atoms with E-state index < -0.39 is 11.2 Å². The average Bonchev–Trinajstić information content (AvgIpc) is 2.38. The van der Waals surface area contributed by atoms with Crippen molar-refractivity contribution in [1.82, 2.24) is 14.0 Å². The van der Waals surface area contributed by atoms with Crippen molar-refractivity contribution in [1.29, 1.82) is 0 Å². The fourth-order valence-corrected chi connectivity index (χ4v) is 1.59. The number of carbonyl (C=O) groups excluding carboxylic acids is 1. The summed E-state index contributed by atoms with van der Waals surface area (Å²) in [7, 11) is 4.59. The summed E-state index contributed by atoms with van der Waals surface area (Å²) in [5.74, 6) is -0.217. The third kappa shape index (κ3) is 3.54. The molecule has 0 N–H and O–H groups in total. The van der Waals surface area contributed by atoms with Gasteiger partial charge in [0.05, 0.1) is 12.6 Å². The van der Waals surface area contributed by atoms with Gasteiger partial charge in [-0.15, -0.1) is 0 Å². The lowest BCUT2D eigenvalue weighted by molar-refractivity contribution is -0.133. The van der Waals surface area contributed by atoms with Gasteiger partial charge in [-0.05, 0) is 6.92 Å². The van der Waals surface area contributed by atoms with Crippen LogP contribution >= 0.6 is 0 Å². The molecule has 0 saturated heterocycles. The van der Waals surface area contributed by atoms with E-state index in [0.29, 0.717) is 6.61 Å². The largest absolute Gasteiger partial charge is 0.383 e. The summed E-state index contributed by atoms with van der Waals surface area (Å²) in [6.45, 7) is 2.17. The molecule has 0 spiro atoms. The predicted molar refractivity (Wildman–Crippen MR) is 70.1 cm³/mol. The van der Waals surface area contributed by atoms with E-state index in [0.717, 1.165) is 4.57 Å². The van der Waals surface area contributed by atoms with Crippen molar-refractivity contribution in [3.8, 4) is 0 Å². The van der Waals surface area contributed by atoms with Crippen molar-refractivity contribution in [2.75, 3.05) is 20.8 Å². The molecule has 7 heteroatoms. The number of nitrogens with zero attached hydrogens (tertiary/aromatic N) is 3. The Morgan fingerprint density at radius 1 is 1.47 bits per heavy atom. The Kier molecular flexibility index (Phi) is 5.05. The first kappa shape index (κ1) is 15.2. The van der Waals surface area contributed by atoms with Crippen LogP contribution in [0.2, 0.25) is 0 Å². The van der Waals surface area contributed by atoms with Gasteiger partial charge in [0.2, 0.25) is 5.91 Å². The van der Waals surface area contributed by atoms with Gasteiger partial charge in [0.25, 0.3) is 5.56 Å². The highest BCUT2D eigenvalue weighted by Crippen LogP contribution is 1.98. The van der Waals surface area contributed by atoms with Gasteiger partial charge in [0.1, 0.15) is 6.54 Å². The normalized spacial score (nSPS) is 12.2. The minimum Gasteiger partial charge on any atom is -0.383 e. The summed E-state index contributed by atoms with van der Waals surface area (Å²) in [5.41, 5.74) is -0.900.